The van der Waals surface area contributed by atoms with E-state index in [1.165, 1.54) is 0 Å². The lowest BCUT2D eigenvalue weighted by atomic mass is 10.2. The average Bonchev–Trinajstić information content (AvgIpc) is 2.87. The molecule has 1 aromatic carbocycles. The van der Waals surface area contributed by atoms with Crippen molar-refractivity contribution in [2.45, 2.75) is 6.04 Å². The Bertz CT molecular complexity index is 569. The van der Waals surface area contributed by atoms with Crippen LogP contribution in [-0.2, 0) is 9.53 Å². The second-order valence-corrected chi connectivity index (χ2v) is 4.99. The SMILES string of the molecule is Cl.O=C(Nc1ccc2ncsc2c1)C1COCCN1. The highest BCUT2D eigenvalue weighted by Gasteiger charge is 2.21. The molecule has 0 saturated carbocycles. The summed E-state index contributed by atoms with van der Waals surface area (Å²) in [7, 11) is 0. The molecule has 1 aliphatic rings. The third-order valence-corrected chi connectivity index (χ3v) is 3.63. The number of carbonyl (C=O) groups is 1. The smallest absolute Gasteiger partial charge is 0.243 e. The van der Waals surface area contributed by atoms with Crippen molar-refractivity contribution in [1.82, 2.24) is 10.3 Å². The maximum absolute atomic E-state index is 12.0. The van der Waals surface area contributed by atoms with Gasteiger partial charge in [-0.1, -0.05) is 0 Å². The second kappa shape index (κ2) is 6.29. The topological polar surface area (TPSA) is 63.2 Å². The lowest BCUT2D eigenvalue weighted by molar-refractivity contribution is -0.120. The summed E-state index contributed by atoms with van der Waals surface area (Å²) in [5.74, 6) is -0.0569. The predicted octanol–water partition coefficient (Wildman–Crippen LogP) is 1.64. The van der Waals surface area contributed by atoms with E-state index in [0.29, 0.717) is 19.8 Å². The molecule has 1 aromatic heterocycles. The van der Waals surface area contributed by atoms with E-state index in [1.807, 2.05) is 18.2 Å². The van der Waals surface area contributed by atoms with Gasteiger partial charge in [-0.05, 0) is 18.2 Å². The molecule has 1 atom stereocenters. The zero-order valence-electron chi connectivity index (χ0n) is 10.1. The third kappa shape index (κ3) is 3.22. The summed E-state index contributed by atoms with van der Waals surface area (Å²) >= 11 is 1.56. The van der Waals surface area contributed by atoms with Gasteiger partial charge in [0.05, 0.1) is 28.9 Å². The lowest BCUT2D eigenvalue weighted by Gasteiger charge is -2.22. The molecule has 7 heteroatoms. The molecule has 0 spiro atoms. The van der Waals surface area contributed by atoms with Gasteiger partial charge in [0.15, 0.2) is 0 Å². The summed E-state index contributed by atoms with van der Waals surface area (Å²) in [5.41, 5.74) is 3.55. The maximum Gasteiger partial charge on any atom is 0.243 e. The lowest BCUT2D eigenvalue weighted by Crippen LogP contribution is -2.48. The van der Waals surface area contributed by atoms with Crippen LogP contribution in [0, 0.1) is 0 Å². The third-order valence-electron chi connectivity index (χ3n) is 2.84. The first-order chi connectivity index (χ1) is 8.83. The van der Waals surface area contributed by atoms with Gasteiger partial charge in [-0.3, -0.25) is 4.79 Å². The minimum absolute atomic E-state index is 0. The number of hydrogen-bond acceptors (Lipinski definition) is 5. The molecule has 0 aliphatic carbocycles. The molecule has 0 bridgehead atoms. The van der Waals surface area contributed by atoms with Crippen LogP contribution in [0.25, 0.3) is 10.2 Å². The Labute approximate surface area is 120 Å². The molecule has 1 amide bonds. The van der Waals surface area contributed by atoms with E-state index in [-0.39, 0.29) is 24.4 Å². The van der Waals surface area contributed by atoms with Gasteiger partial charge in [0.2, 0.25) is 5.91 Å². The number of morpholine rings is 1. The molecule has 2 aromatic rings. The van der Waals surface area contributed by atoms with Crippen LogP contribution in [-0.4, -0.2) is 36.7 Å². The van der Waals surface area contributed by atoms with Gasteiger partial charge in [0.25, 0.3) is 0 Å². The minimum atomic E-state index is -0.268. The molecule has 1 fully saturated rings. The molecule has 2 N–H and O–H groups in total. The molecule has 3 rings (SSSR count). The fourth-order valence-corrected chi connectivity index (χ4v) is 2.61. The van der Waals surface area contributed by atoms with Crippen LogP contribution in [0.4, 0.5) is 5.69 Å². The number of halogens is 1. The van der Waals surface area contributed by atoms with Crippen molar-refractivity contribution in [3.8, 4) is 0 Å². The van der Waals surface area contributed by atoms with Gasteiger partial charge in [0.1, 0.15) is 6.04 Å². The van der Waals surface area contributed by atoms with Gasteiger partial charge >= 0.3 is 0 Å². The summed E-state index contributed by atoms with van der Waals surface area (Å²) in [5, 5.41) is 6.02. The molecule has 102 valence electrons. The number of fused-ring (bicyclic) bond motifs is 1. The number of benzene rings is 1. The predicted molar refractivity (Wildman–Crippen MR) is 78.1 cm³/mol. The summed E-state index contributed by atoms with van der Waals surface area (Å²) in [4.78, 5) is 16.2. The fourth-order valence-electron chi connectivity index (χ4n) is 1.90. The molecule has 2 heterocycles. The van der Waals surface area contributed by atoms with Crippen molar-refractivity contribution < 1.29 is 9.53 Å². The zero-order valence-corrected chi connectivity index (χ0v) is 11.7. The molecule has 5 nitrogen and oxygen atoms in total. The van der Waals surface area contributed by atoms with Crippen molar-refractivity contribution in [2.24, 2.45) is 0 Å². The van der Waals surface area contributed by atoms with Crippen molar-refractivity contribution >= 4 is 45.6 Å². The summed E-state index contributed by atoms with van der Waals surface area (Å²) in [6.45, 7) is 1.80. The highest BCUT2D eigenvalue weighted by Crippen LogP contribution is 2.21. The Kier molecular flexibility index (Phi) is 4.71. The maximum atomic E-state index is 12.0. The van der Waals surface area contributed by atoms with E-state index in [2.05, 4.69) is 15.6 Å². The first-order valence-corrected chi connectivity index (χ1v) is 6.66. The molecule has 1 saturated heterocycles. The van der Waals surface area contributed by atoms with Gasteiger partial charge < -0.3 is 15.4 Å². The number of rotatable bonds is 2. The quantitative estimate of drug-likeness (QED) is 0.885. The summed E-state index contributed by atoms with van der Waals surface area (Å²) < 4.78 is 6.34. The largest absolute Gasteiger partial charge is 0.378 e. The molecule has 1 aliphatic heterocycles. The van der Waals surface area contributed by atoms with Crippen LogP contribution < -0.4 is 10.6 Å². The molecule has 19 heavy (non-hydrogen) atoms. The van der Waals surface area contributed by atoms with Gasteiger partial charge in [-0.25, -0.2) is 4.98 Å². The van der Waals surface area contributed by atoms with E-state index in [4.69, 9.17) is 4.74 Å². The van der Waals surface area contributed by atoms with Gasteiger partial charge in [-0.2, -0.15) is 0 Å². The minimum Gasteiger partial charge on any atom is -0.378 e. The van der Waals surface area contributed by atoms with E-state index in [1.54, 1.807) is 16.8 Å². The van der Waals surface area contributed by atoms with E-state index >= 15 is 0 Å². The summed E-state index contributed by atoms with van der Waals surface area (Å²) in [6.07, 6.45) is 0. The Balaban J connectivity index is 0.00000133. The van der Waals surface area contributed by atoms with Crippen molar-refractivity contribution in [3.63, 3.8) is 0 Å². The second-order valence-electron chi connectivity index (χ2n) is 4.11. The number of thiazole rings is 1. The fraction of sp³-hybridized carbons (Fsp3) is 0.333. The van der Waals surface area contributed by atoms with Crippen LogP contribution in [0.3, 0.4) is 0 Å². The normalized spacial score (nSPS) is 18.8. The molecular formula is C12H14ClN3O2S. The number of amides is 1. The van der Waals surface area contributed by atoms with Crippen LogP contribution >= 0.6 is 23.7 Å². The number of aromatic nitrogens is 1. The van der Waals surface area contributed by atoms with E-state index < -0.39 is 0 Å². The van der Waals surface area contributed by atoms with Gasteiger partial charge in [-0.15, -0.1) is 23.7 Å². The monoisotopic (exact) mass is 299 g/mol. The van der Waals surface area contributed by atoms with E-state index in [0.717, 1.165) is 15.9 Å². The van der Waals surface area contributed by atoms with Crippen molar-refractivity contribution in [2.75, 3.05) is 25.1 Å². The highest BCUT2D eigenvalue weighted by molar-refractivity contribution is 7.16. The number of hydrogen-bond donors (Lipinski definition) is 2. The first-order valence-electron chi connectivity index (χ1n) is 5.78. The number of anilines is 1. The van der Waals surface area contributed by atoms with Crippen LogP contribution in [0.2, 0.25) is 0 Å². The van der Waals surface area contributed by atoms with Crippen LogP contribution in [0.5, 0.6) is 0 Å². The highest BCUT2D eigenvalue weighted by atomic mass is 35.5. The van der Waals surface area contributed by atoms with Crippen molar-refractivity contribution in [1.29, 1.82) is 0 Å². The zero-order chi connectivity index (χ0) is 12.4. The van der Waals surface area contributed by atoms with Crippen LogP contribution in [0.15, 0.2) is 23.7 Å². The number of ether oxygens (including phenoxy) is 1. The Hall–Kier alpha value is -1.21. The number of carbonyl (C=O) groups excluding carboxylic acids is 1. The van der Waals surface area contributed by atoms with Crippen molar-refractivity contribution in [3.05, 3.63) is 23.7 Å². The Morgan fingerprint density at radius 2 is 2.42 bits per heavy atom. The standard InChI is InChI=1S/C12H13N3O2S.ClH/c16-12(10-6-17-4-3-13-10)15-8-1-2-9-11(5-8)18-7-14-9;/h1-2,5,7,10,13H,3-4,6H2,(H,15,16);1H. The Morgan fingerprint density at radius 1 is 1.53 bits per heavy atom. The molecular weight excluding hydrogens is 286 g/mol. The molecule has 0 radical (unpaired) electrons. The first kappa shape index (κ1) is 14.2. The van der Waals surface area contributed by atoms with Gasteiger partial charge in [0, 0.05) is 12.2 Å². The van der Waals surface area contributed by atoms with E-state index in [9.17, 15) is 4.79 Å². The molecule has 1 unspecified atom stereocenters. The summed E-state index contributed by atoms with van der Waals surface area (Å²) in [6, 6.07) is 5.45. The van der Waals surface area contributed by atoms with Crippen LogP contribution in [0.1, 0.15) is 0 Å². The average molecular weight is 300 g/mol. The number of nitrogens with one attached hydrogen (secondary N) is 2. The number of nitrogens with zero attached hydrogens (tertiary/aromatic N) is 1. The Morgan fingerprint density at radius 3 is 3.21 bits per heavy atom.